The standard InChI is InChI=1S/C15H17F3N2O2/c1-9(21)20(10-4-2-3-5-10)8-13(22)19-12-7-6-11(16)14(17)15(12)18/h6-7,10H,2-5,8H2,1H3,(H,19,22). The highest BCUT2D eigenvalue weighted by molar-refractivity contribution is 5.94. The lowest BCUT2D eigenvalue weighted by molar-refractivity contribution is -0.135. The Labute approximate surface area is 126 Å². The molecule has 1 fully saturated rings. The van der Waals surface area contributed by atoms with Gasteiger partial charge in [0.2, 0.25) is 11.8 Å². The Bertz CT molecular complexity index is 586. The summed E-state index contributed by atoms with van der Waals surface area (Å²) in [7, 11) is 0. The summed E-state index contributed by atoms with van der Waals surface area (Å²) in [5.41, 5.74) is -0.446. The summed E-state index contributed by atoms with van der Waals surface area (Å²) in [4.78, 5) is 25.0. The lowest BCUT2D eigenvalue weighted by atomic mass is 10.2. The Morgan fingerprint density at radius 1 is 1.18 bits per heavy atom. The highest BCUT2D eigenvalue weighted by atomic mass is 19.2. The molecule has 0 atom stereocenters. The lowest BCUT2D eigenvalue weighted by Crippen LogP contribution is -2.42. The smallest absolute Gasteiger partial charge is 0.244 e. The minimum Gasteiger partial charge on any atom is -0.331 e. The topological polar surface area (TPSA) is 49.4 Å². The second-order valence-electron chi connectivity index (χ2n) is 5.36. The van der Waals surface area contributed by atoms with Crippen molar-refractivity contribution in [3.8, 4) is 0 Å². The van der Waals surface area contributed by atoms with E-state index < -0.39 is 29.0 Å². The van der Waals surface area contributed by atoms with Gasteiger partial charge in [-0.05, 0) is 25.0 Å². The Morgan fingerprint density at radius 2 is 1.82 bits per heavy atom. The number of hydrogen-bond donors (Lipinski definition) is 1. The van der Waals surface area contributed by atoms with Crippen LogP contribution < -0.4 is 5.32 Å². The lowest BCUT2D eigenvalue weighted by Gasteiger charge is -2.27. The van der Waals surface area contributed by atoms with Crippen LogP contribution in [0, 0.1) is 17.5 Å². The number of anilines is 1. The van der Waals surface area contributed by atoms with Crippen molar-refractivity contribution < 1.29 is 22.8 Å². The number of hydrogen-bond acceptors (Lipinski definition) is 2. The van der Waals surface area contributed by atoms with E-state index in [2.05, 4.69) is 5.32 Å². The number of amides is 2. The molecule has 7 heteroatoms. The van der Waals surface area contributed by atoms with Crippen LogP contribution in [0.2, 0.25) is 0 Å². The number of nitrogens with zero attached hydrogens (tertiary/aromatic N) is 1. The summed E-state index contributed by atoms with van der Waals surface area (Å²) in [5.74, 6) is -5.31. The molecule has 0 heterocycles. The number of benzene rings is 1. The third kappa shape index (κ3) is 3.58. The summed E-state index contributed by atoms with van der Waals surface area (Å²) in [6.07, 6.45) is 3.64. The van der Waals surface area contributed by atoms with Crippen LogP contribution in [-0.2, 0) is 9.59 Å². The Morgan fingerprint density at radius 3 is 2.41 bits per heavy atom. The maximum atomic E-state index is 13.5. The highest BCUT2D eigenvalue weighted by Crippen LogP contribution is 2.24. The summed E-state index contributed by atoms with van der Waals surface area (Å²) in [6, 6.07) is 1.67. The molecule has 0 unspecified atom stereocenters. The molecule has 0 aliphatic heterocycles. The summed E-state index contributed by atoms with van der Waals surface area (Å²) in [5, 5.41) is 2.17. The fourth-order valence-corrected chi connectivity index (χ4v) is 2.68. The largest absolute Gasteiger partial charge is 0.331 e. The molecular formula is C15H17F3N2O2. The number of nitrogens with one attached hydrogen (secondary N) is 1. The van der Waals surface area contributed by atoms with E-state index in [1.807, 2.05) is 0 Å². The molecule has 2 amide bonds. The van der Waals surface area contributed by atoms with Gasteiger partial charge in [-0.1, -0.05) is 12.8 Å². The van der Waals surface area contributed by atoms with Gasteiger partial charge in [0.25, 0.3) is 0 Å². The molecule has 1 aromatic carbocycles. The Kier molecular flexibility index (Phi) is 5.05. The van der Waals surface area contributed by atoms with Crippen molar-refractivity contribution in [1.82, 2.24) is 4.90 Å². The maximum absolute atomic E-state index is 13.5. The first kappa shape index (κ1) is 16.3. The molecule has 0 radical (unpaired) electrons. The minimum atomic E-state index is -1.64. The van der Waals surface area contributed by atoms with Gasteiger partial charge in [-0.3, -0.25) is 9.59 Å². The van der Waals surface area contributed by atoms with E-state index in [-0.39, 0.29) is 18.5 Å². The Balaban J connectivity index is 2.05. The van der Waals surface area contributed by atoms with Gasteiger partial charge in [0.1, 0.15) is 6.54 Å². The highest BCUT2D eigenvalue weighted by Gasteiger charge is 2.26. The molecule has 1 aliphatic rings. The maximum Gasteiger partial charge on any atom is 0.244 e. The van der Waals surface area contributed by atoms with Crippen molar-refractivity contribution in [2.45, 2.75) is 38.6 Å². The molecule has 1 aliphatic carbocycles. The van der Waals surface area contributed by atoms with E-state index in [4.69, 9.17) is 0 Å². The van der Waals surface area contributed by atoms with Crippen LogP contribution in [0.1, 0.15) is 32.6 Å². The monoisotopic (exact) mass is 314 g/mol. The number of carbonyl (C=O) groups is 2. The van der Waals surface area contributed by atoms with E-state index in [0.717, 1.165) is 37.8 Å². The zero-order valence-electron chi connectivity index (χ0n) is 12.2. The third-order valence-corrected chi connectivity index (χ3v) is 3.79. The van der Waals surface area contributed by atoms with Crippen molar-refractivity contribution in [2.24, 2.45) is 0 Å². The average molecular weight is 314 g/mol. The predicted octanol–water partition coefficient (Wildman–Crippen LogP) is 2.83. The van der Waals surface area contributed by atoms with E-state index in [9.17, 15) is 22.8 Å². The average Bonchev–Trinajstić information content (AvgIpc) is 2.99. The fraction of sp³-hybridized carbons (Fsp3) is 0.467. The van der Waals surface area contributed by atoms with Crippen molar-refractivity contribution in [1.29, 1.82) is 0 Å². The zero-order chi connectivity index (χ0) is 16.3. The molecule has 0 saturated heterocycles. The van der Waals surface area contributed by atoms with Gasteiger partial charge in [-0.25, -0.2) is 13.2 Å². The van der Waals surface area contributed by atoms with Gasteiger partial charge in [0.15, 0.2) is 17.5 Å². The van der Waals surface area contributed by atoms with Gasteiger partial charge < -0.3 is 10.2 Å². The first-order chi connectivity index (χ1) is 10.4. The summed E-state index contributed by atoms with van der Waals surface area (Å²) >= 11 is 0. The first-order valence-electron chi connectivity index (χ1n) is 7.10. The van der Waals surface area contributed by atoms with Crippen LogP contribution in [0.3, 0.4) is 0 Å². The van der Waals surface area contributed by atoms with Crippen LogP contribution in [0.25, 0.3) is 0 Å². The van der Waals surface area contributed by atoms with E-state index in [0.29, 0.717) is 0 Å². The quantitative estimate of drug-likeness (QED) is 0.869. The molecule has 0 aromatic heterocycles. The summed E-state index contributed by atoms with van der Waals surface area (Å²) < 4.78 is 39.5. The molecule has 2 rings (SSSR count). The third-order valence-electron chi connectivity index (χ3n) is 3.79. The van der Waals surface area contributed by atoms with Gasteiger partial charge >= 0.3 is 0 Å². The molecule has 1 N–H and O–H groups in total. The number of halogens is 3. The molecule has 120 valence electrons. The normalized spacial score (nSPS) is 14.9. The molecule has 1 aromatic rings. The van der Waals surface area contributed by atoms with E-state index in [1.54, 1.807) is 0 Å². The molecule has 0 spiro atoms. The van der Waals surface area contributed by atoms with Crippen molar-refractivity contribution in [3.63, 3.8) is 0 Å². The molecular weight excluding hydrogens is 297 g/mol. The minimum absolute atomic E-state index is 0.00180. The van der Waals surface area contributed by atoms with Gasteiger partial charge in [0.05, 0.1) is 5.69 Å². The van der Waals surface area contributed by atoms with Gasteiger partial charge in [0, 0.05) is 13.0 Å². The van der Waals surface area contributed by atoms with Crippen LogP contribution in [0.4, 0.5) is 18.9 Å². The predicted molar refractivity (Wildman–Crippen MR) is 74.6 cm³/mol. The molecule has 0 bridgehead atoms. The Hall–Kier alpha value is -2.05. The SMILES string of the molecule is CC(=O)N(CC(=O)Nc1ccc(F)c(F)c1F)C1CCCC1. The van der Waals surface area contributed by atoms with E-state index >= 15 is 0 Å². The fourth-order valence-electron chi connectivity index (χ4n) is 2.68. The van der Waals surface area contributed by atoms with E-state index in [1.165, 1.54) is 11.8 Å². The van der Waals surface area contributed by atoms with Crippen LogP contribution in [0.5, 0.6) is 0 Å². The van der Waals surface area contributed by atoms with Crippen LogP contribution >= 0.6 is 0 Å². The van der Waals surface area contributed by atoms with Crippen molar-refractivity contribution in [2.75, 3.05) is 11.9 Å². The molecule has 4 nitrogen and oxygen atoms in total. The van der Waals surface area contributed by atoms with Gasteiger partial charge in [-0.2, -0.15) is 0 Å². The molecule has 22 heavy (non-hydrogen) atoms. The summed E-state index contributed by atoms with van der Waals surface area (Å²) in [6.45, 7) is 1.13. The second-order valence-corrected chi connectivity index (χ2v) is 5.36. The number of rotatable bonds is 4. The first-order valence-corrected chi connectivity index (χ1v) is 7.10. The molecule has 1 saturated carbocycles. The van der Waals surface area contributed by atoms with Crippen LogP contribution in [0.15, 0.2) is 12.1 Å². The van der Waals surface area contributed by atoms with Gasteiger partial charge in [-0.15, -0.1) is 0 Å². The van der Waals surface area contributed by atoms with Crippen molar-refractivity contribution in [3.05, 3.63) is 29.6 Å². The number of carbonyl (C=O) groups excluding carboxylic acids is 2. The van der Waals surface area contributed by atoms with Crippen molar-refractivity contribution >= 4 is 17.5 Å². The zero-order valence-corrected chi connectivity index (χ0v) is 12.2. The second kappa shape index (κ2) is 6.81. The van der Waals surface area contributed by atoms with Crippen LogP contribution in [-0.4, -0.2) is 29.3 Å².